The summed E-state index contributed by atoms with van der Waals surface area (Å²) in [7, 11) is 1.59. The summed E-state index contributed by atoms with van der Waals surface area (Å²) < 4.78 is 5.11. The normalized spacial score (nSPS) is 11.3. The van der Waals surface area contributed by atoms with Crippen molar-refractivity contribution in [1.82, 2.24) is 10.6 Å². The molecule has 21 heavy (non-hydrogen) atoms. The van der Waals surface area contributed by atoms with Crippen molar-refractivity contribution >= 4 is 12.0 Å². The molecule has 0 aliphatic carbocycles. The molecule has 0 aliphatic rings. The number of amides is 2. The van der Waals surface area contributed by atoms with Gasteiger partial charge < -0.3 is 20.5 Å². The van der Waals surface area contributed by atoms with Gasteiger partial charge in [0.15, 0.2) is 0 Å². The van der Waals surface area contributed by atoms with E-state index in [-0.39, 0.29) is 6.42 Å². The van der Waals surface area contributed by atoms with E-state index in [0.29, 0.717) is 13.0 Å². The first-order valence-electron chi connectivity index (χ1n) is 6.57. The molecule has 0 radical (unpaired) electrons. The van der Waals surface area contributed by atoms with Gasteiger partial charge in [0.2, 0.25) is 0 Å². The molecule has 6 nitrogen and oxygen atoms in total. The molecule has 0 saturated heterocycles. The fourth-order valence-corrected chi connectivity index (χ4v) is 1.75. The highest BCUT2D eigenvalue weighted by atomic mass is 16.5. The third-order valence-corrected chi connectivity index (χ3v) is 2.84. The summed E-state index contributed by atoms with van der Waals surface area (Å²) in [5.41, 5.74) is 1.02. The van der Waals surface area contributed by atoms with Crippen LogP contribution < -0.4 is 15.4 Å². The van der Waals surface area contributed by atoms with Gasteiger partial charge >= 0.3 is 12.0 Å². The number of rotatable bonds is 8. The zero-order chi connectivity index (χ0) is 15.7. The van der Waals surface area contributed by atoms with E-state index < -0.39 is 18.0 Å². The highest BCUT2D eigenvalue weighted by molar-refractivity contribution is 5.82. The molecular weight excluding hydrogens is 272 g/mol. The van der Waals surface area contributed by atoms with Gasteiger partial charge in [0.1, 0.15) is 11.8 Å². The van der Waals surface area contributed by atoms with Crippen molar-refractivity contribution in [2.45, 2.75) is 18.9 Å². The molecule has 0 fully saturated rings. The Hall–Kier alpha value is -2.50. The van der Waals surface area contributed by atoms with E-state index in [1.165, 1.54) is 6.08 Å². The Morgan fingerprint density at radius 2 is 2.24 bits per heavy atom. The van der Waals surface area contributed by atoms with Gasteiger partial charge in [0.25, 0.3) is 0 Å². The van der Waals surface area contributed by atoms with Gasteiger partial charge in [-0.2, -0.15) is 0 Å². The molecule has 114 valence electrons. The fraction of sp³-hybridized carbons (Fsp3) is 0.333. The maximum atomic E-state index is 11.6. The SMILES string of the molecule is C=CCC(NC(=O)NCCc1cccc(OC)c1)C(=O)O. The van der Waals surface area contributed by atoms with Crippen molar-refractivity contribution in [3.63, 3.8) is 0 Å². The molecule has 0 aromatic heterocycles. The highest BCUT2D eigenvalue weighted by Gasteiger charge is 2.17. The summed E-state index contributed by atoms with van der Waals surface area (Å²) in [5, 5.41) is 13.9. The quantitative estimate of drug-likeness (QED) is 0.635. The van der Waals surface area contributed by atoms with Gasteiger partial charge in [-0.1, -0.05) is 18.2 Å². The van der Waals surface area contributed by atoms with Crippen molar-refractivity contribution in [1.29, 1.82) is 0 Å². The summed E-state index contributed by atoms with van der Waals surface area (Å²) in [6, 6.07) is 6.07. The van der Waals surface area contributed by atoms with E-state index in [1.807, 2.05) is 24.3 Å². The second-order valence-electron chi connectivity index (χ2n) is 4.42. The van der Waals surface area contributed by atoms with E-state index in [4.69, 9.17) is 9.84 Å². The first-order valence-corrected chi connectivity index (χ1v) is 6.57. The van der Waals surface area contributed by atoms with Crippen LogP contribution in [0.5, 0.6) is 5.75 Å². The lowest BCUT2D eigenvalue weighted by molar-refractivity contribution is -0.139. The Bertz CT molecular complexity index is 502. The predicted octanol–water partition coefficient (Wildman–Crippen LogP) is 1.57. The van der Waals surface area contributed by atoms with Crippen LogP contribution in [0.1, 0.15) is 12.0 Å². The van der Waals surface area contributed by atoms with Gasteiger partial charge in [-0.3, -0.25) is 0 Å². The highest BCUT2D eigenvalue weighted by Crippen LogP contribution is 2.12. The monoisotopic (exact) mass is 292 g/mol. The molecule has 0 saturated carbocycles. The van der Waals surface area contributed by atoms with Gasteiger partial charge in [-0.15, -0.1) is 6.58 Å². The van der Waals surface area contributed by atoms with Gasteiger partial charge in [0.05, 0.1) is 7.11 Å². The van der Waals surface area contributed by atoms with Gasteiger partial charge in [0, 0.05) is 6.54 Å². The Morgan fingerprint density at radius 1 is 1.48 bits per heavy atom. The first-order chi connectivity index (χ1) is 10.1. The summed E-state index contributed by atoms with van der Waals surface area (Å²) in [5.74, 6) is -0.327. The number of carbonyl (C=O) groups excluding carboxylic acids is 1. The number of carbonyl (C=O) groups is 2. The topological polar surface area (TPSA) is 87.7 Å². The second kappa shape index (κ2) is 8.63. The summed E-state index contributed by atoms with van der Waals surface area (Å²) in [6.07, 6.45) is 2.26. The van der Waals surface area contributed by atoms with Gasteiger partial charge in [-0.05, 0) is 30.5 Å². The summed E-state index contributed by atoms with van der Waals surface area (Å²) in [4.78, 5) is 22.5. The number of ether oxygens (including phenoxy) is 1. The fourth-order valence-electron chi connectivity index (χ4n) is 1.75. The minimum atomic E-state index is -1.09. The molecule has 6 heteroatoms. The van der Waals surface area contributed by atoms with Crippen LogP contribution >= 0.6 is 0 Å². The minimum absolute atomic E-state index is 0.179. The zero-order valence-electron chi connectivity index (χ0n) is 12.0. The van der Waals surface area contributed by atoms with Crippen LogP contribution in [-0.2, 0) is 11.2 Å². The number of carboxylic acids is 1. The van der Waals surface area contributed by atoms with Crippen LogP contribution in [0.2, 0.25) is 0 Å². The molecular formula is C15H20N2O4. The molecule has 3 N–H and O–H groups in total. The molecule has 0 heterocycles. The molecule has 1 atom stereocenters. The van der Waals surface area contributed by atoms with E-state index in [9.17, 15) is 9.59 Å². The molecule has 0 spiro atoms. The van der Waals surface area contributed by atoms with E-state index in [0.717, 1.165) is 11.3 Å². The number of hydrogen-bond donors (Lipinski definition) is 3. The average molecular weight is 292 g/mol. The summed E-state index contributed by atoms with van der Waals surface area (Å²) >= 11 is 0. The number of benzene rings is 1. The second-order valence-corrected chi connectivity index (χ2v) is 4.42. The predicted molar refractivity (Wildman–Crippen MR) is 79.5 cm³/mol. The smallest absolute Gasteiger partial charge is 0.326 e. The Morgan fingerprint density at radius 3 is 2.86 bits per heavy atom. The summed E-state index contributed by atoms with van der Waals surface area (Å²) in [6.45, 7) is 3.86. The van der Waals surface area contributed by atoms with Crippen molar-refractivity contribution in [2.24, 2.45) is 0 Å². The Balaban J connectivity index is 2.38. The number of hydrogen-bond acceptors (Lipinski definition) is 3. The Labute approximate surface area is 123 Å². The minimum Gasteiger partial charge on any atom is -0.497 e. The van der Waals surface area contributed by atoms with Crippen molar-refractivity contribution in [3.8, 4) is 5.75 Å². The Kier molecular flexibility index (Phi) is 6.80. The van der Waals surface area contributed by atoms with Crippen molar-refractivity contribution in [3.05, 3.63) is 42.5 Å². The molecule has 1 aromatic carbocycles. The maximum Gasteiger partial charge on any atom is 0.326 e. The molecule has 1 aromatic rings. The van der Waals surface area contributed by atoms with Crippen LogP contribution in [0.3, 0.4) is 0 Å². The van der Waals surface area contributed by atoms with Crippen LogP contribution in [0.25, 0.3) is 0 Å². The lowest BCUT2D eigenvalue weighted by Crippen LogP contribution is -2.46. The molecule has 1 unspecified atom stereocenters. The third-order valence-electron chi connectivity index (χ3n) is 2.84. The standard InChI is InChI=1S/C15H20N2O4/c1-3-5-13(14(18)19)17-15(20)16-9-8-11-6-4-7-12(10-11)21-2/h3-4,6-7,10,13H,1,5,8-9H2,2H3,(H,18,19)(H2,16,17,20). The lowest BCUT2D eigenvalue weighted by Gasteiger charge is -2.13. The number of carboxylic acid groups (broad SMARTS) is 1. The van der Waals surface area contributed by atoms with Crippen molar-refractivity contribution in [2.75, 3.05) is 13.7 Å². The number of urea groups is 1. The number of nitrogens with one attached hydrogen (secondary N) is 2. The van der Waals surface area contributed by atoms with E-state index in [2.05, 4.69) is 17.2 Å². The largest absolute Gasteiger partial charge is 0.497 e. The van der Waals surface area contributed by atoms with E-state index in [1.54, 1.807) is 7.11 Å². The van der Waals surface area contributed by atoms with Crippen LogP contribution in [-0.4, -0.2) is 36.8 Å². The third kappa shape index (κ3) is 5.99. The molecule has 1 rings (SSSR count). The molecule has 0 aliphatic heterocycles. The van der Waals surface area contributed by atoms with E-state index >= 15 is 0 Å². The zero-order valence-corrected chi connectivity index (χ0v) is 12.0. The van der Waals surface area contributed by atoms with Crippen LogP contribution in [0, 0.1) is 0 Å². The lowest BCUT2D eigenvalue weighted by atomic mass is 10.1. The number of aliphatic carboxylic acids is 1. The first kappa shape index (κ1) is 16.6. The average Bonchev–Trinajstić information content (AvgIpc) is 2.47. The van der Waals surface area contributed by atoms with Crippen LogP contribution in [0.15, 0.2) is 36.9 Å². The number of methoxy groups -OCH3 is 1. The van der Waals surface area contributed by atoms with Gasteiger partial charge in [-0.25, -0.2) is 9.59 Å². The van der Waals surface area contributed by atoms with Crippen LogP contribution in [0.4, 0.5) is 4.79 Å². The maximum absolute atomic E-state index is 11.6. The molecule has 2 amide bonds. The molecule has 0 bridgehead atoms. The van der Waals surface area contributed by atoms with Crippen molar-refractivity contribution < 1.29 is 19.4 Å².